The SMILES string of the molecule is Cc1cc(C2CCCCC2)ccc1N1CCOc2nc(OCC3CC3c3ccccc3)nc(N)c2C1=O. The number of fused-ring (bicyclic) bond motifs is 1. The van der Waals surface area contributed by atoms with Crippen LogP contribution in [0.4, 0.5) is 11.5 Å². The van der Waals surface area contributed by atoms with Crippen LogP contribution in [-0.4, -0.2) is 35.6 Å². The number of aromatic nitrogens is 2. The lowest BCUT2D eigenvalue weighted by atomic mass is 9.83. The van der Waals surface area contributed by atoms with E-state index in [-0.39, 0.29) is 29.2 Å². The van der Waals surface area contributed by atoms with Gasteiger partial charge in [-0.3, -0.25) is 4.79 Å². The van der Waals surface area contributed by atoms with Crippen molar-refractivity contribution in [3.63, 3.8) is 0 Å². The first-order valence-corrected chi connectivity index (χ1v) is 13.5. The zero-order valence-corrected chi connectivity index (χ0v) is 21.4. The van der Waals surface area contributed by atoms with Crippen molar-refractivity contribution in [3.8, 4) is 11.9 Å². The number of nitrogens with zero attached hydrogens (tertiary/aromatic N) is 3. The molecule has 3 aromatic rings. The molecule has 0 saturated heterocycles. The quantitative estimate of drug-likeness (QED) is 0.473. The van der Waals surface area contributed by atoms with Crippen molar-refractivity contribution in [1.29, 1.82) is 0 Å². The number of hydrogen-bond acceptors (Lipinski definition) is 6. The Morgan fingerprint density at radius 2 is 1.86 bits per heavy atom. The van der Waals surface area contributed by atoms with Crippen LogP contribution in [0, 0.1) is 12.8 Å². The van der Waals surface area contributed by atoms with E-state index in [9.17, 15) is 4.79 Å². The minimum absolute atomic E-state index is 0.0868. The average Bonchev–Trinajstić information content (AvgIpc) is 3.72. The molecular formula is C30H34N4O3. The number of ether oxygens (including phenoxy) is 2. The zero-order valence-electron chi connectivity index (χ0n) is 21.4. The standard InChI is InChI=1S/C30H34N4O3/c1-19-16-22(20-8-4-2-5-9-20)12-13-25(19)34-14-15-36-28-26(29(34)35)27(31)32-30(33-28)37-18-23-17-24(23)21-10-6-3-7-11-21/h3,6-7,10-13,16,20,23-24H,2,4-5,8-9,14-15,17-18H2,1H3,(H2,31,32,33). The maximum Gasteiger partial charge on any atom is 0.321 e. The molecule has 2 aromatic carbocycles. The van der Waals surface area contributed by atoms with Crippen LogP contribution in [0.1, 0.15) is 77.4 Å². The Labute approximate surface area is 218 Å². The Bertz CT molecular complexity index is 1290. The Hall–Kier alpha value is -3.61. The monoisotopic (exact) mass is 498 g/mol. The van der Waals surface area contributed by atoms with Gasteiger partial charge in [0.2, 0.25) is 5.88 Å². The highest BCUT2D eigenvalue weighted by atomic mass is 16.5. The highest BCUT2D eigenvalue weighted by Crippen LogP contribution is 2.47. The van der Waals surface area contributed by atoms with E-state index < -0.39 is 0 Å². The van der Waals surface area contributed by atoms with Gasteiger partial charge in [-0.1, -0.05) is 61.7 Å². The van der Waals surface area contributed by atoms with Crippen molar-refractivity contribution in [2.45, 2.75) is 57.3 Å². The van der Waals surface area contributed by atoms with E-state index in [0.29, 0.717) is 37.5 Å². The first-order valence-electron chi connectivity index (χ1n) is 13.5. The Balaban J connectivity index is 1.17. The van der Waals surface area contributed by atoms with Crippen molar-refractivity contribution in [1.82, 2.24) is 9.97 Å². The number of aryl methyl sites for hydroxylation is 1. The summed E-state index contributed by atoms with van der Waals surface area (Å²) in [6, 6.07) is 17.1. The summed E-state index contributed by atoms with van der Waals surface area (Å²) in [4.78, 5) is 24.1. The van der Waals surface area contributed by atoms with Crippen LogP contribution >= 0.6 is 0 Å². The maximum absolute atomic E-state index is 13.6. The first-order chi connectivity index (χ1) is 18.1. The molecule has 2 heterocycles. The molecule has 0 bridgehead atoms. The summed E-state index contributed by atoms with van der Waals surface area (Å²) >= 11 is 0. The molecule has 3 aliphatic rings. The Kier molecular flexibility index (Phi) is 6.45. The van der Waals surface area contributed by atoms with Crippen LogP contribution in [0.5, 0.6) is 11.9 Å². The van der Waals surface area contributed by atoms with Gasteiger partial charge in [-0.25, -0.2) is 0 Å². The number of hydrogen-bond donors (Lipinski definition) is 1. The predicted octanol–water partition coefficient (Wildman–Crippen LogP) is 5.64. The second-order valence-corrected chi connectivity index (χ2v) is 10.6. The van der Waals surface area contributed by atoms with Crippen molar-refractivity contribution in [3.05, 3.63) is 70.8 Å². The molecule has 2 atom stereocenters. The molecule has 1 aromatic heterocycles. The minimum atomic E-state index is -0.239. The summed E-state index contributed by atoms with van der Waals surface area (Å²) < 4.78 is 11.8. The normalized spacial score (nSPS) is 21.6. The molecule has 37 heavy (non-hydrogen) atoms. The van der Waals surface area contributed by atoms with Gasteiger partial charge in [-0.05, 0) is 60.8 Å². The molecular weight excluding hydrogens is 464 g/mol. The minimum Gasteiger partial charge on any atom is -0.475 e. The topological polar surface area (TPSA) is 90.6 Å². The van der Waals surface area contributed by atoms with Crippen LogP contribution in [0.15, 0.2) is 48.5 Å². The molecule has 0 radical (unpaired) electrons. The van der Waals surface area contributed by atoms with E-state index in [1.165, 1.54) is 43.2 Å². The predicted molar refractivity (Wildman–Crippen MR) is 143 cm³/mol. The van der Waals surface area contributed by atoms with Gasteiger partial charge in [0.15, 0.2) is 0 Å². The van der Waals surface area contributed by atoms with E-state index in [4.69, 9.17) is 15.2 Å². The van der Waals surface area contributed by atoms with E-state index in [1.54, 1.807) is 4.90 Å². The molecule has 2 unspecified atom stereocenters. The highest BCUT2D eigenvalue weighted by molar-refractivity contribution is 6.11. The van der Waals surface area contributed by atoms with E-state index in [2.05, 4.69) is 59.4 Å². The molecule has 2 N–H and O–H groups in total. The molecule has 7 heteroatoms. The lowest BCUT2D eigenvalue weighted by Crippen LogP contribution is -2.33. The second-order valence-electron chi connectivity index (χ2n) is 10.6. The summed E-state index contributed by atoms with van der Waals surface area (Å²) in [5, 5.41) is 0. The third-order valence-corrected chi connectivity index (χ3v) is 8.06. The number of rotatable bonds is 6. The van der Waals surface area contributed by atoms with Gasteiger partial charge in [0.25, 0.3) is 5.91 Å². The van der Waals surface area contributed by atoms with Gasteiger partial charge in [-0.2, -0.15) is 9.97 Å². The number of nitrogen functional groups attached to an aromatic ring is 1. The summed E-state index contributed by atoms with van der Waals surface area (Å²) in [7, 11) is 0. The zero-order chi connectivity index (χ0) is 25.4. The number of carbonyl (C=O) groups excluding carboxylic acids is 1. The van der Waals surface area contributed by atoms with Crippen LogP contribution < -0.4 is 20.1 Å². The third-order valence-electron chi connectivity index (χ3n) is 8.06. The Morgan fingerprint density at radius 1 is 1.05 bits per heavy atom. The molecule has 2 aliphatic carbocycles. The average molecular weight is 499 g/mol. The van der Waals surface area contributed by atoms with Crippen molar-refractivity contribution < 1.29 is 14.3 Å². The number of anilines is 2. The summed E-state index contributed by atoms with van der Waals surface area (Å²) in [6.07, 6.45) is 7.49. The number of amides is 1. The largest absolute Gasteiger partial charge is 0.475 e. The number of nitrogens with two attached hydrogens (primary N) is 1. The second kappa shape index (κ2) is 10.0. The van der Waals surface area contributed by atoms with Gasteiger partial charge in [0, 0.05) is 11.6 Å². The van der Waals surface area contributed by atoms with E-state index >= 15 is 0 Å². The van der Waals surface area contributed by atoms with Crippen LogP contribution in [0.3, 0.4) is 0 Å². The fourth-order valence-corrected chi connectivity index (χ4v) is 5.90. The Morgan fingerprint density at radius 3 is 2.65 bits per heavy atom. The van der Waals surface area contributed by atoms with Gasteiger partial charge in [-0.15, -0.1) is 0 Å². The summed E-state index contributed by atoms with van der Waals surface area (Å²) in [6.45, 7) is 3.30. The lowest BCUT2D eigenvalue weighted by Gasteiger charge is -2.26. The van der Waals surface area contributed by atoms with Crippen molar-refractivity contribution in [2.75, 3.05) is 30.4 Å². The molecule has 1 aliphatic heterocycles. The molecule has 7 nitrogen and oxygen atoms in total. The fourth-order valence-electron chi connectivity index (χ4n) is 5.90. The van der Waals surface area contributed by atoms with Crippen LogP contribution in [0.25, 0.3) is 0 Å². The molecule has 0 spiro atoms. The highest BCUT2D eigenvalue weighted by Gasteiger charge is 2.39. The fraction of sp³-hybridized carbons (Fsp3) is 0.433. The molecule has 2 fully saturated rings. The molecule has 192 valence electrons. The van der Waals surface area contributed by atoms with Gasteiger partial charge in [0.1, 0.15) is 18.0 Å². The number of carbonyl (C=O) groups is 1. The van der Waals surface area contributed by atoms with E-state index in [1.807, 2.05) is 6.07 Å². The van der Waals surface area contributed by atoms with E-state index in [0.717, 1.165) is 17.7 Å². The van der Waals surface area contributed by atoms with Crippen LogP contribution in [-0.2, 0) is 0 Å². The van der Waals surface area contributed by atoms with Gasteiger partial charge >= 0.3 is 6.01 Å². The lowest BCUT2D eigenvalue weighted by molar-refractivity contribution is 0.0990. The molecule has 1 amide bonds. The van der Waals surface area contributed by atoms with Crippen molar-refractivity contribution >= 4 is 17.4 Å². The van der Waals surface area contributed by atoms with Crippen molar-refractivity contribution in [2.24, 2.45) is 5.92 Å². The van der Waals surface area contributed by atoms with Gasteiger partial charge in [0.05, 0.1) is 13.2 Å². The van der Waals surface area contributed by atoms with Gasteiger partial charge < -0.3 is 20.1 Å². The number of benzene rings is 2. The molecule has 6 rings (SSSR count). The maximum atomic E-state index is 13.6. The third kappa shape index (κ3) is 4.87. The summed E-state index contributed by atoms with van der Waals surface area (Å²) in [5.41, 5.74) is 11.1. The molecule has 2 saturated carbocycles. The smallest absolute Gasteiger partial charge is 0.321 e. The summed E-state index contributed by atoms with van der Waals surface area (Å²) in [5.74, 6) is 1.58. The first kappa shape index (κ1) is 23.8. The van der Waals surface area contributed by atoms with Crippen LogP contribution in [0.2, 0.25) is 0 Å².